The quantitative estimate of drug-likeness (QED) is 0.804. The largest absolute Gasteiger partial charge is 0.321 e. The van der Waals surface area contributed by atoms with Crippen LogP contribution in [-0.2, 0) is 5.54 Å². The molecule has 1 heteroatoms. The van der Waals surface area contributed by atoms with Gasteiger partial charge in [-0.2, -0.15) is 0 Å². The number of aryl methyl sites for hydroxylation is 1. The zero-order valence-electron chi connectivity index (χ0n) is 10.1. The molecule has 0 spiro atoms. The van der Waals surface area contributed by atoms with Gasteiger partial charge < -0.3 is 5.73 Å². The van der Waals surface area contributed by atoms with Crippen molar-refractivity contribution in [1.29, 1.82) is 0 Å². The number of rotatable bonds is 2. The Morgan fingerprint density at radius 1 is 1.12 bits per heavy atom. The van der Waals surface area contributed by atoms with Crippen LogP contribution < -0.4 is 5.73 Å². The van der Waals surface area contributed by atoms with Gasteiger partial charge in [0.15, 0.2) is 0 Å². The number of hydrogen-bond donors (Lipinski definition) is 1. The Bertz CT molecular complexity index is 375. The molecule has 2 fully saturated rings. The minimum atomic E-state index is 0.0166. The molecule has 0 heterocycles. The summed E-state index contributed by atoms with van der Waals surface area (Å²) >= 11 is 0. The molecule has 2 atom stereocenters. The number of hydrogen-bond acceptors (Lipinski definition) is 1. The van der Waals surface area contributed by atoms with Gasteiger partial charge >= 0.3 is 0 Å². The average Bonchev–Trinajstić information content (AvgIpc) is 2.77. The molecule has 86 valence electrons. The Morgan fingerprint density at radius 2 is 1.75 bits per heavy atom. The van der Waals surface area contributed by atoms with E-state index >= 15 is 0 Å². The van der Waals surface area contributed by atoms with Crippen molar-refractivity contribution in [2.24, 2.45) is 17.6 Å². The van der Waals surface area contributed by atoms with Crippen molar-refractivity contribution in [3.63, 3.8) is 0 Å². The lowest BCUT2D eigenvalue weighted by Gasteiger charge is -2.16. The van der Waals surface area contributed by atoms with Gasteiger partial charge in [0.05, 0.1) is 0 Å². The standard InChI is InChI=1S/C15H21N/c1-11-6-8-13(9-7-11)15(16)10-14(15)12-4-2-3-5-12/h6-9,12,14H,2-5,10,16H2,1H3. The summed E-state index contributed by atoms with van der Waals surface area (Å²) in [5, 5.41) is 0. The van der Waals surface area contributed by atoms with Gasteiger partial charge in [0, 0.05) is 5.54 Å². The molecule has 1 aromatic carbocycles. The Labute approximate surface area is 98.0 Å². The molecule has 0 aliphatic heterocycles. The van der Waals surface area contributed by atoms with Crippen molar-refractivity contribution >= 4 is 0 Å². The Morgan fingerprint density at radius 3 is 2.38 bits per heavy atom. The first-order valence-electron chi connectivity index (χ1n) is 6.56. The molecule has 2 aliphatic carbocycles. The molecule has 2 N–H and O–H groups in total. The highest BCUT2D eigenvalue weighted by Gasteiger charge is 2.55. The molecule has 2 saturated carbocycles. The molecule has 1 aromatic rings. The third kappa shape index (κ3) is 1.58. The summed E-state index contributed by atoms with van der Waals surface area (Å²) in [6.45, 7) is 2.13. The third-order valence-corrected chi connectivity index (χ3v) is 4.62. The maximum atomic E-state index is 6.54. The van der Waals surface area contributed by atoms with E-state index in [4.69, 9.17) is 5.73 Å². The van der Waals surface area contributed by atoms with Crippen LogP contribution in [0.15, 0.2) is 24.3 Å². The smallest absolute Gasteiger partial charge is 0.0445 e. The minimum absolute atomic E-state index is 0.0166. The Hall–Kier alpha value is -0.820. The molecular formula is C15H21N. The van der Waals surface area contributed by atoms with Crippen LogP contribution in [-0.4, -0.2) is 0 Å². The third-order valence-electron chi connectivity index (χ3n) is 4.62. The second-order valence-corrected chi connectivity index (χ2v) is 5.76. The monoisotopic (exact) mass is 215 g/mol. The van der Waals surface area contributed by atoms with E-state index < -0.39 is 0 Å². The Kier molecular flexibility index (Phi) is 2.32. The molecule has 2 aliphatic rings. The predicted octanol–water partition coefficient (Wildman–Crippen LogP) is 3.36. The van der Waals surface area contributed by atoms with E-state index in [1.807, 2.05) is 0 Å². The van der Waals surface area contributed by atoms with Gasteiger partial charge in [0.1, 0.15) is 0 Å². The van der Waals surface area contributed by atoms with E-state index in [2.05, 4.69) is 31.2 Å². The van der Waals surface area contributed by atoms with E-state index in [0.29, 0.717) is 0 Å². The van der Waals surface area contributed by atoms with Crippen LogP contribution in [0.1, 0.15) is 43.2 Å². The summed E-state index contributed by atoms with van der Waals surface area (Å²) in [6, 6.07) is 8.83. The SMILES string of the molecule is Cc1ccc(C2(N)CC2C2CCCC2)cc1. The van der Waals surface area contributed by atoms with Crippen LogP contribution in [0.25, 0.3) is 0 Å². The molecule has 0 amide bonds. The van der Waals surface area contributed by atoms with E-state index in [1.165, 1.54) is 43.2 Å². The Balaban J connectivity index is 1.78. The van der Waals surface area contributed by atoms with Crippen molar-refractivity contribution < 1.29 is 0 Å². The zero-order chi connectivity index (χ0) is 11.2. The first kappa shape index (κ1) is 10.3. The molecule has 1 nitrogen and oxygen atoms in total. The van der Waals surface area contributed by atoms with Gasteiger partial charge in [0.25, 0.3) is 0 Å². The average molecular weight is 215 g/mol. The van der Waals surface area contributed by atoms with E-state index in [1.54, 1.807) is 0 Å². The van der Waals surface area contributed by atoms with E-state index in [0.717, 1.165) is 11.8 Å². The highest BCUT2D eigenvalue weighted by atomic mass is 14.9. The van der Waals surface area contributed by atoms with Gasteiger partial charge in [-0.3, -0.25) is 0 Å². The summed E-state index contributed by atoms with van der Waals surface area (Å²) in [6.07, 6.45) is 6.88. The minimum Gasteiger partial charge on any atom is -0.321 e. The number of benzene rings is 1. The second kappa shape index (κ2) is 3.59. The lowest BCUT2D eigenvalue weighted by Crippen LogP contribution is -2.24. The second-order valence-electron chi connectivity index (χ2n) is 5.76. The molecule has 3 rings (SSSR count). The fourth-order valence-corrected chi connectivity index (χ4v) is 3.45. The molecule has 0 saturated heterocycles. The fraction of sp³-hybridized carbons (Fsp3) is 0.600. The van der Waals surface area contributed by atoms with Crippen LogP contribution in [0.4, 0.5) is 0 Å². The lowest BCUT2D eigenvalue weighted by molar-refractivity contribution is 0.428. The zero-order valence-corrected chi connectivity index (χ0v) is 10.1. The molecular weight excluding hydrogens is 194 g/mol. The van der Waals surface area contributed by atoms with Gasteiger partial charge in [0.2, 0.25) is 0 Å². The first-order valence-corrected chi connectivity index (χ1v) is 6.56. The van der Waals surface area contributed by atoms with Crippen molar-refractivity contribution in [2.75, 3.05) is 0 Å². The maximum absolute atomic E-state index is 6.54. The molecule has 0 radical (unpaired) electrons. The van der Waals surface area contributed by atoms with Crippen LogP contribution in [0.5, 0.6) is 0 Å². The number of nitrogens with two attached hydrogens (primary N) is 1. The highest BCUT2D eigenvalue weighted by Crippen LogP contribution is 2.57. The van der Waals surface area contributed by atoms with E-state index in [-0.39, 0.29) is 5.54 Å². The summed E-state index contributed by atoms with van der Waals surface area (Å²) in [5.74, 6) is 1.67. The first-order chi connectivity index (χ1) is 7.70. The van der Waals surface area contributed by atoms with Crippen molar-refractivity contribution in [2.45, 2.75) is 44.6 Å². The van der Waals surface area contributed by atoms with Gasteiger partial charge in [-0.15, -0.1) is 0 Å². The summed E-state index contributed by atoms with van der Waals surface area (Å²) in [7, 11) is 0. The van der Waals surface area contributed by atoms with E-state index in [9.17, 15) is 0 Å². The predicted molar refractivity (Wildman–Crippen MR) is 67.1 cm³/mol. The van der Waals surface area contributed by atoms with Crippen LogP contribution in [0, 0.1) is 18.8 Å². The van der Waals surface area contributed by atoms with Crippen molar-refractivity contribution in [3.8, 4) is 0 Å². The topological polar surface area (TPSA) is 26.0 Å². The summed E-state index contributed by atoms with van der Waals surface area (Å²) < 4.78 is 0. The van der Waals surface area contributed by atoms with Crippen molar-refractivity contribution in [3.05, 3.63) is 35.4 Å². The van der Waals surface area contributed by atoms with Crippen LogP contribution in [0.2, 0.25) is 0 Å². The molecule has 2 unspecified atom stereocenters. The molecule has 0 aromatic heterocycles. The normalized spacial score (nSPS) is 34.2. The van der Waals surface area contributed by atoms with Crippen LogP contribution >= 0.6 is 0 Å². The van der Waals surface area contributed by atoms with Crippen LogP contribution in [0.3, 0.4) is 0 Å². The molecule has 0 bridgehead atoms. The molecule has 16 heavy (non-hydrogen) atoms. The highest BCUT2D eigenvalue weighted by molar-refractivity contribution is 5.34. The summed E-state index contributed by atoms with van der Waals surface area (Å²) in [5.41, 5.74) is 9.24. The van der Waals surface area contributed by atoms with Gasteiger partial charge in [-0.1, -0.05) is 55.5 Å². The lowest BCUT2D eigenvalue weighted by atomic mass is 9.94. The summed E-state index contributed by atoms with van der Waals surface area (Å²) in [4.78, 5) is 0. The van der Waals surface area contributed by atoms with Gasteiger partial charge in [-0.05, 0) is 30.7 Å². The maximum Gasteiger partial charge on any atom is 0.0445 e. The fourth-order valence-electron chi connectivity index (χ4n) is 3.45. The van der Waals surface area contributed by atoms with Gasteiger partial charge in [-0.25, -0.2) is 0 Å². The van der Waals surface area contributed by atoms with Crippen molar-refractivity contribution in [1.82, 2.24) is 0 Å².